The zero-order valence-electron chi connectivity index (χ0n) is 14.2. The third-order valence-electron chi connectivity index (χ3n) is 3.63. The van der Waals surface area contributed by atoms with Gasteiger partial charge in [0.05, 0.1) is 4.92 Å². The highest BCUT2D eigenvalue weighted by Crippen LogP contribution is 2.26. The molecule has 0 aliphatic carbocycles. The molecule has 2 aromatic rings. The van der Waals surface area contributed by atoms with Gasteiger partial charge in [0, 0.05) is 12.6 Å². The van der Waals surface area contributed by atoms with E-state index in [0.29, 0.717) is 12.3 Å². The molecule has 1 aromatic carbocycles. The number of amides is 1. The van der Waals surface area contributed by atoms with E-state index in [4.69, 9.17) is 9.15 Å². The first kappa shape index (κ1) is 18.5. The molecular formula is C18H22N2O5. The lowest BCUT2D eigenvalue weighted by Crippen LogP contribution is -2.23. The van der Waals surface area contributed by atoms with Crippen LogP contribution in [0.4, 0.5) is 5.69 Å². The number of carbonyl (C=O) groups is 1. The highest BCUT2D eigenvalue weighted by Gasteiger charge is 2.15. The Morgan fingerprint density at radius 1 is 1.20 bits per heavy atom. The lowest BCUT2D eigenvalue weighted by molar-refractivity contribution is -0.386. The highest BCUT2D eigenvalue weighted by atomic mass is 16.6. The van der Waals surface area contributed by atoms with Crippen molar-refractivity contribution in [1.82, 2.24) is 5.32 Å². The summed E-state index contributed by atoms with van der Waals surface area (Å²) in [6.45, 7) is 2.76. The molecule has 0 unspecified atom stereocenters. The molecular weight excluding hydrogens is 324 g/mol. The molecule has 0 spiro atoms. The van der Waals surface area contributed by atoms with E-state index in [1.165, 1.54) is 12.1 Å². The number of unbranched alkanes of at least 4 members (excludes halogenated alkanes) is 3. The third-order valence-corrected chi connectivity index (χ3v) is 3.63. The fourth-order valence-corrected chi connectivity index (χ4v) is 2.30. The minimum atomic E-state index is -0.505. The van der Waals surface area contributed by atoms with Crippen LogP contribution in [-0.4, -0.2) is 17.4 Å². The van der Waals surface area contributed by atoms with Crippen molar-refractivity contribution in [3.63, 3.8) is 0 Å². The summed E-state index contributed by atoms with van der Waals surface area (Å²) in [6, 6.07) is 9.31. The van der Waals surface area contributed by atoms with Crippen LogP contribution in [0, 0.1) is 10.1 Å². The normalized spacial score (nSPS) is 10.4. The molecule has 1 amide bonds. The first-order valence-electron chi connectivity index (χ1n) is 8.35. The van der Waals surface area contributed by atoms with Crippen LogP contribution in [0.2, 0.25) is 0 Å². The number of nitrogens with zero attached hydrogens (tertiary/aromatic N) is 1. The summed E-state index contributed by atoms with van der Waals surface area (Å²) in [5.74, 6) is 0.519. The lowest BCUT2D eigenvalue weighted by atomic mass is 10.2. The van der Waals surface area contributed by atoms with Gasteiger partial charge in [-0.15, -0.1) is 0 Å². The number of furan rings is 1. The van der Waals surface area contributed by atoms with Gasteiger partial charge < -0.3 is 14.5 Å². The first-order valence-corrected chi connectivity index (χ1v) is 8.35. The predicted molar refractivity (Wildman–Crippen MR) is 92.6 cm³/mol. The van der Waals surface area contributed by atoms with Crippen LogP contribution in [0.25, 0.3) is 0 Å². The Hall–Kier alpha value is -2.83. The van der Waals surface area contributed by atoms with E-state index < -0.39 is 4.92 Å². The monoisotopic (exact) mass is 346 g/mol. The maximum atomic E-state index is 12.0. The second kappa shape index (κ2) is 9.46. The van der Waals surface area contributed by atoms with Crippen molar-refractivity contribution < 1.29 is 18.9 Å². The third kappa shape index (κ3) is 5.63. The van der Waals surface area contributed by atoms with Gasteiger partial charge in [0.25, 0.3) is 5.91 Å². The van der Waals surface area contributed by atoms with Crippen LogP contribution in [0.5, 0.6) is 5.75 Å². The summed E-state index contributed by atoms with van der Waals surface area (Å²) in [5.41, 5.74) is -0.112. The number of nitrogens with one attached hydrogen (secondary N) is 1. The van der Waals surface area contributed by atoms with Crippen molar-refractivity contribution in [2.75, 3.05) is 6.54 Å². The Bertz CT molecular complexity index is 711. The molecule has 0 aliphatic rings. The molecule has 0 atom stereocenters. The fraction of sp³-hybridized carbons (Fsp3) is 0.389. The number of ether oxygens (including phenoxy) is 1. The molecule has 7 heteroatoms. The molecule has 1 heterocycles. The molecule has 7 nitrogen and oxygen atoms in total. The molecule has 0 radical (unpaired) electrons. The number of rotatable bonds is 10. The van der Waals surface area contributed by atoms with E-state index >= 15 is 0 Å². The average molecular weight is 346 g/mol. The van der Waals surface area contributed by atoms with Crippen molar-refractivity contribution in [3.8, 4) is 5.75 Å². The van der Waals surface area contributed by atoms with Gasteiger partial charge in [-0.1, -0.05) is 38.3 Å². The fourth-order valence-electron chi connectivity index (χ4n) is 2.30. The summed E-state index contributed by atoms with van der Waals surface area (Å²) in [4.78, 5) is 22.4. The van der Waals surface area contributed by atoms with Crippen molar-refractivity contribution in [1.29, 1.82) is 0 Å². The van der Waals surface area contributed by atoms with Gasteiger partial charge in [-0.3, -0.25) is 14.9 Å². The highest BCUT2D eigenvalue weighted by molar-refractivity contribution is 5.91. The second-order valence-electron chi connectivity index (χ2n) is 5.60. The Morgan fingerprint density at radius 2 is 2.00 bits per heavy atom. The van der Waals surface area contributed by atoms with Crippen molar-refractivity contribution in [2.45, 2.75) is 39.2 Å². The van der Waals surface area contributed by atoms with Crippen LogP contribution in [-0.2, 0) is 6.61 Å². The summed E-state index contributed by atoms with van der Waals surface area (Å²) in [6.07, 6.45) is 4.33. The van der Waals surface area contributed by atoms with E-state index in [1.807, 2.05) is 0 Å². The standard InChI is InChI=1S/C18H22N2O5/c1-2-3-4-7-12-19-18(21)17-11-10-14(25-17)13-24-16-9-6-5-8-15(16)20(22)23/h5-6,8-11H,2-4,7,12-13H2,1H3,(H,19,21). The molecule has 0 aliphatic heterocycles. The largest absolute Gasteiger partial charge is 0.479 e. The average Bonchev–Trinajstić information content (AvgIpc) is 3.09. The van der Waals surface area contributed by atoms with Crippen molar-refractivity contribution in [3.05, 3.63) is 58.0 Å². The smallest absolute Gasteiger partial charge is 0.310 e. The second-order valence-corrected chi connectivity index (χ2v) is 5.60. The molecule has 2 rings (SSSR count). The minimum Gasteiger partial charge on any atom is -0.479 e. The van der Waals surface area contributed by atoms with Crippen molar-refractivity contribution >= 4 is 11.6 Å². The number of hydrogen-bond donors (Lipinski definition) is 1. The van der Waals surface area contributed by atoms with E-state index in [9.17, 15) is 14.9 Å². The SMILES string of the molecule is CCCCCCNC(=O)c1ccc(COc2ccccc2[N+](=O)[O-])o1. The Balaban J connectivity index is 1.85. The zero-order chi connectivity index (χ0) is 18.1. The summed E-state index contributed by atoms with van der Waals surface area (Å²) in [7, 11) is 0. The number of nitro groups is 1. The number of para-hydroxylation sites is 2. The number of hydrogen-bond acceptors (Lipinski definition) is 5. The van der Waals surface area contributed by atoms with Gasteiger partial charge in [-0.25, -0.2) is 0 Å². The molecule has 0 fully saturated rings. The number of carbonyl (C=O) groups excluding carboxylic acids is 1. The van der Waals surface area contributed by atoms with Crippen molar-refractivity contribution in [2.24, 2.45) is 0 Å². The maximum Gasteiger partial charge on any atom is 0.310 e. The predicted octanol–water partition coefficient (Wildman–Crippen LogP) is 4.08. The first-order chi connectivity index (χ1) is 12.1. The summed E-state index contributed by atoms with van der Waals surface area (Å²) in [5, 5.41) is 13.7. The summed E-state index contributed by atoms with van der Waals surface area (Å²) < 4.78 is 10.9. The maximum absolute atomic E-state index is 12.0. The Kier molecular flexibility index (Phi) is 7.00. The number of nitro benzene ring substituents is 1. The van der Waals surface area contributed by atoms with E-state index in [0.717, 1.165) is 25.7 Å². The van der Waals surface area contributed by atoms with E-state index in [2.05, 4.69) is 12.2 Å². The topological polar surface area (TPSA) is 94.6 Å². The van der Waals surface area contributed by atoms with Gasteiger partial charge in [-0.2, -0.15) is 0 Å². The van der Waals surface area contributed by atoms with Crippen LogP contribution in [0.1, 0.15) is 48.9 Å². The van der Waals surface area contributed by atoms with Gasteiger partial charge in [0.15, 0.2) is 11.5 Å². The van der Waals surface area contributed by atoms with Gasteiger partial charge in [0.2, 0.25) is 0 Å². The number of benzene rings is 1. The van der Waals surface area contributed by atoms with Gasteiger partial charge in [-0.05, 0) is 24.6 Å². The van der Waals surface area contributed by atoms with E-state index in [1.54, 1.807) is 24.3 Å². The van der Waals surface area contributed by atoms with Crippen LogP contribution < -0.4 is 10.1 Å². The van der Waals surface area contributed by atoms with Crippen LogP contribution in [0.15, 0.2) is 40.8 Å². The van der Waals surface area contributed by atoms with E-state index in [-0.39, 0.29) is 29.7 Å². The minimum absolute atomic E-state index is 0.00856. The summed E-state index contributed by atoms with van der Waals surface area (Å²) >= 11 is 0. The Morgan fingerprint density at radius 3 is 2.76 bits per heavy atom. The quantitative estimate of drug-likeness (QED) is 0.397. The molecule has 1 aromatic heterocycles. The van der Waals surface area contributed by atoms with Gasteiger partial charge >= 0.3 is 5.69 Å². The van der Waals surface area contributed by atoms with Gasteiger partial charge in [0.1, 0.15) is 12.4 Å². The van der Waals surface area contributed by atoms with Crippen LogP contribution in [0.3, 0.4) is 0 Å². The molecule has 0 bridgehead atoms. The zero-order valence-corrected chi connectivity index (χ0v) is 14.2. The molecule has 0 saturated heterocycles. The lowest BCUT2D eigenvalue weighted by Gasteiger charge is -2.05. The Labute approximate surface area is 146 Å². The molecule has 134 valence electrons. The van der Waals surface area contributed by atoms with Crippen LogP contribution >= 0.6 is 0 Å². The molecule has 1 N–H and O–H groups in total. The molecule has 0 saturated carbocycles. The molecule has 25 heavy (non-hydrogen) atoms.